The smallest absolute Gasteiger partial charge is 0.243 e. The van der Waals surface area contributed by atoms with Gasteiger partial charge in [0, 0.05) is 11.3 Å². The summed E-state index contributed by atoms with van der Waals surface area (Å²) in [6.45, 7) is 1.28. The Morgan fingerprint density at radius 2 is 1.67 bits per heavy atom. The Hall–Kier alpha value is -3.35. The van der Waals surface area contributed by atoms with Crippen LogP contribution in [0.15, 0.2) is 42.5 Å². The van der Waals surface area contributed by atoms with Crippen molar-refractivity contribution in [1.29, 1.82) is 0 Å². The molecule has 0 aliphatic carbocycles. The zero-order valence-corrected chi connectivity index (χ0v) is 15.5. The van der Waals surface area contributed by atoms with Gasteiger partial charge in [0.05, 0.1) is 27.2 Å². The van der Waals surface area contributed by atoms with Gasteiger partial charge in [-0.25, -0.2) is 0 Å². The van der Waals surface area contributed by atoms with Crippen LogP contribution in [0.2, 0.25) is 0 Å². The molecule has 0 aliphatic heterocycles. The van der Waals surface area contributed by atoms with Crippen molar-refractivity contribution in [2.24, 2.45) is 0 Å². The number of rotatable bonds is 8. The molecule has 0 saturated carbocycles. The normalized spacial score (nSPS) is 10.0. The van der Waals surface area contributed by atoms with Crippen LogP contribution in [0.5, 0.6) is 11.5 Å². The van der Waals surface area contributed by atoms with Gasteiger partial charge in [-0.1, -0.05) is 18.2 Å². The number of carbonyl (C=O) groups is 3. The van der Waals surface area contributed by atoms with E-state index in [1.807, 2.05) is 0 Å². The summed E-state index contributed by atoms with van der Waals surface area (Å²) in [5.74, 6) is 0.347. The van der Waals surface area contributed by atoms with E-state index >= 15 is 0 Å². The van der Waals surface area contributed by atoms with Crippen molar-refractivity contribution in [2.75, 3.05) is 26.1 Å². The summed E-state index contributed by atoms with van der Waals surface area (Å²) in [5, 5.41) is 5.21. The van der Waals surface area contributed by atoms with E-state index < -0.39 is 0 Å². The van der Waals surface area contributed by atoms with Gasteiger partial charge in [-0.2, -0.15) is 0 Å². The summed E-state index contributed by atoms with van der Waals surface area (Å²) >= 11 is 0. The van der Waals surface area contributed by atoms with Gasteiger partial charge in [0.2, 0.25) is 11.8 Å². The SMILES string of the molecule is COc1ccc(CC(=O)NCC(=O)Nc2cccc(C(C)=O)c2)cc1OC. The molecule has 2 rings (SSSR count). The molecule has 0 saturated heterocycles. The van der Waals surface area contributed by atoms with Gasteiger partial charge in [0.25, 0.3) is 0 Å². The maximum Gasteiger partial charge on any atom is 0.243 e. The second kappa shape index (κ2) is 9.38. The topological polar surface area (TPSA) is 93.7 Å². The van der Waals surface area contributed by atoms with E-state index in [2.05, 4.69) is 10.6 Å². The van der Waals surface area contributed by atoms with Crippen LogP contribution in [-0.2, 0) is 16.0 Å². The van der Waals surface area contributed by atoms with Crippen molar-refractivity contribution in [3.05, 3.63) is 53.6 Å². The van der Waals surface area contributed by atoms with E-state index in [0.717, 1.165) is 5.56 Å². The number of anilines is 1. The summed E-state index contributed by atoms with van der Waals surface area (Å²) < 4.78 is 10.4. The standard InChI is InChI=1S/C20H22N2O5/c1-13(23)15-5-4-6-16(11-15)22-20(25)12-21-19(24)10-14-7-8-17(26-2)18(9-14)27-3/h4-9,11H,10,12H2,1-3H3,(H,21,24)(H,22,25). The van der Waals surface area contributed by atoms with Gasteiger partial charge in [-0.3, -0.25) is 14.4 Å². The minimum Gasteiger partial charge on any atom is -0.493 e. The first-order chi connectivity index (χ1) is 12.9. The Kier molecular flexibility index (Phi) is 6.93. The molecule has 2 aromatic carbocycles. The van der Waals surface area contributed by atoms with Crippen LogP contribution < -0.4 is 20.1 Å². The molecule has 142 valence electrons. The number of nitrogens with one attached hydrogen (secondary N) is 2. The second-order valence-corrected chi connectivity index (χ2v) is 5.83. The summed E-state index contributed by atoms with van der Waals surface area (Å²) in [5.41, 5.74) is 1.74. The third-order valence-corrected chi connectivity index (χ3v) is 3.81. The molecule has 27 heavy (non-hydrogen) atoms. The number of hydrogen-bond acceptors (Lipinski definition) is 5. The van der Waals surface area contributed by atoms with E-state index in [9.17, 15) is 14.4 Å². The van der Waals surface area contributed by atoms with Gasteiger partial charge >= 0.3 is 0 Å². The Balaban J connectivity index is 1.87. The average Bonchev–Trinajstić information content (AvgIpc) is 2.66. The predicted molar refractivity (Wildman–Crippen MR) is 101 cm³/mol. The van der Waals surface area contributed by atoms with Crippen LogP contribution in [0.3, 0.4) is 0 Å². The van der Waals surface area contributed by atoms with Crippen LogP contribution in [0.4, 0.5) is 5.69 Å². The van der Waals surface area contributed by atoms with E-state index in [1.165, 1.54) is 21.1 Å². The number of methoxy groups -OCH3 is 2. The van der Waals surface area contributed by atoms with Gasteiger partial charge in [-0.05, 0) is 36.8 Å². The minimum absolute atomic E-state index is 0.0886. The zero-order valence-electron chi connectivity index (χ0n) is 15.5. The molecule has 7 nitrogen and oxygen atoms in total. The summed E-state index contributed by atoms with van der Waals surface area (Å²) in [6, 6.07) is 11.8. The highest BCUT2D eigenvalue weighted by Gasteiger charge is 2.10. The molecule has 0 aliphatic rings. The lowest BCUT2D eigenvalue weighted by atomic mass is 10.1. The van der Waals surface area contributed by atoms with Crippen molar-refractivity contribution in [3.63, 3.8) is 0 Å². The van der Waals surface area contributed by atoms with Gasteiger partial charge in [0.1, 0.15) is 0 Å². The summed E-state index contributed by atoms with van der Waals surface area (Å²) in [7, 11) is 3.06. The van der Waals surface area contributed by atoms with E-state index in [4.69, 9.17) is 9.47 Å². The van der Waals surface area contributed by atoms with Crippen molar-refractivity contribution < 1.29 is 23.9 Å². The molecular weight excluding hydrogens is 348 g/mol. The third-order valence-electron chi connectivity index (χ3n) is 3.81. The van der Waals surface area contributed by atoms with Gasteiger partial charge in [0.15, 0.2) is 17.3 Å². The Bertz CT molecular complexity index is 848. The largest absolute Gasteiger partial charge is 0.493 e. The molecule has 0 heterocycles. The lowest BCUT2D eigenvalue weighted by molar-refractivity contribution is -0.123. The number of benzene rings is 2. The van der Waals surface area contributed by atoms with E-state index in [0.29, 0.717) is 22.7 Å². The molecule has 7 heteroatoms. The first-order valence-electron chi connectivity index (χ1n) is 8.31. The van der Waals surface area contributed by atoms with Crippen LogP contribution >= 0.6 is 0 Å². The summed E-state index contributed by atoms with van der Waals surface area (Å²) in [4.78, 5) is 35.4. The highest BCUT2D eigenvalue weighted by molar-refractivity contribution is 5.98. The fraction of sp³-hybridized carbons (Fsp3) is 0.250. The Morgan fingerprint density at radius 3 is 2.33 bits per heavy atom. The van der Waals surface area contributed by atoms with E-state index in [1.54, 1.807) is 42.5 Å². The summed E-state index contributed by atoms with van der Waals surface area (Å²) in [6.07, 6.45) is 0.105. The first-order valence-corrected chi connectivity index (χ1v) is 8.31. The lowest BCUT2D eigenvalue weighted by Gasteiger charge is -2.10. The molecule has 0 spiro atoms. The third kappa shape index (κ3) is 5.85. The molecule has 0 aromatic heterocycles. The number of Topliss-reactive ketones (excluding diaryl/α,β-unsaturated/α-hetero) is 1. The van der Waals surface area contributed by atoms with Crippen molar-refractivity contribution in [2.45, 2.75) is 13.3 Å². The number of ether oxygens (including phenoxy) is 2. The van der Waals surface area contributed by atoms with Crippen LogP contribution in [0.25, 0.3) is 0 Å². The monoisotopic (exact) mass is 370 g/mol. The molecule has 2 amide bonds. The highest BCUT2D eigenvalue weighted by Crippen LogP contribution is 2.27. The van der Waals surface area contributed by atoms with Gasteiger partial charge < -0.3 is 20.1 Å². The number of amides is 2. The first kappa shape index (κ1) is 20.0. The van der Waals surface area contributed by atoms with Crippen molar-refractivity contribution >= 4 is 23.3 Å². The van der Waals surface area contributed by atoms with Crippen LogP contribution in [-0.4, -0.2) is 38.4 Å². The molecule has 0 radical (unpaired) electrons. The minimum atomic E-state index is -0.378. The average molecular weight is 370 g/mol. The van der Waals surface area contributed by atoms with Crippen LogP contribution in [0.1, 0.15) is 22.8 Å². The highest BCUT2D eigenvalue weighted by atomic mass is 16.5. The maximum absolute atomic E-state index is 12.1. The molecule has 0 fully saturated rings. The Labute approximate surface area is 157 Å². The number of carbonyl (C=O) groups excluding carboxylic acids is 3. The fourth-order valence-corrected chi connectivity index (χ4v) is 2.44. The molecule has 0 bridgehead atoms. The fourth-order valence-electron chi connectivity index (χ4n) is 2.44. The Morgan fingerprint density at radius 1 is 0.926 bits per heavy atom. The second-order valence-electron chi connectivity index (χ2n) is 5.83. The molecular formula is C20H22N2O5. The van der Waals surface area contributed by atoms with Crippen molar-refractivity contribution in [1.82, 2.24) is 5.32 Å². The van der Waals surface area contributed by atoms with Crippen LogP contribution in [0, 0.1) is 0 Å². The molecule has 0 unspecified atom stereocenters. The molecule has 2 N–H and O–H groups in total. The quantitative estimate of drug-likeness (QED) is 0.695. The molecule has 0 atom stereocenters. The molecule has 2 aromatic rings. The predicted octanol–water partition coefficient (Wildman–Crippen LogP) is 2.20. The number of hydrogen-bond donors (Lipinski definition) is 2. The van der Waals surface area contributed by atoms with Gasteiger partial charge in [-0.15, -0.1) is 0 Å². The maximum atomic E-state index is 12.1. The number of ketones is 1. The van der Waals surface area contributed by atoms with Crippen molar-refractivity contribution in [3.8, 4) is 11.5 Å². The lowest BCUT2D eigenvalue weighted by Crippen LogP contribution is -2.33. The zero-order chi connectivity index (χ0) is 19.8. The van der Waals surface area contributed by atoms with E-state index in [-0.39, 0.29) is 30.6 Å².